The van der Waals surface area contributed by atoms with Gasteiger partial charge < -0.3 is 10.4 Å². The zero-order valence-corrected chi connectivity index (χ0v) is 13.8. The summed E-state index contributed by atoms with van der Waals surface area (Å²) in [6, 6.07) is 19.3. The van der Waals surface area contributed by atoms with E-state index in [-0.39, 0.29) is 11.8 Å². The summed E-state index contributed by atoms with van der Waals surface area (Å²) >= 11 is 0. The normalized spacial score (nSPS) is 19.6. The third-order valence-electron chi connectivity index (χ3n) is 4.53. The topological polar surface area (TPSA) is 52.6 Å². The van der Waals surface area contributed by atoms with Gasteiger partial charge in [-0.25, -0.2) is 0 Å². The summed E-state index contributed by atoms with van der Waals surface area (Å²) in [5.41, 5.74) is 1.76. The number of amides is 1. The number of anilines is 1. The number of rotatable bonds is 5. The van der Waals surface area contributed by atoms with Gasteiger partial charge in [0.15, 0.2) is 0 Å². The predicted molar refractivity (Wildman–Crippen MR) is 95.6 cm³/mol. The fourth-order valence-corrected chi connectivity index (χ4v) is 3.23. The number of aliphatic hydroxyl groups excluding tert-OH is 1. The van der Waals surface area contributed by atoms with Crippen LogP contribution in [-0.4, -0.2) is 35.5 Å². The van der Waals surface area contributed by atoms with Crippen molar-refractivity contribution in [2.75, 3.05) is 25.0 Å². The summed E-state index contributed by atoms with van der Waals surface area (Å²) in [7, 11) is 0. The lowest BCUT2D eigenvalue weighted by Crippen LogP contribution is -2.42. The summed E-state index contributed by atoms with van der Waals surface area (Å²) in [5.74, 6) is 0.0435. The van der Waals surface area contributed by atoms with Gasteiger partial charge in [-0.2, -0.15) is 0 Å². The van der Waals surface area contributed by atoms with Crippen molar-refractivity contribution in [3.05, 3.63) is 66.2 Å². The Kier molecular flexibility index (Phi) is 5.62. The second kappa shape index (κ2) is 8.08. The van der Waals surface area contributed by atoms with Gasteiger partial charge >= 0.3 is 0 Å². The van der Waals surface area contributed by atoms with Crippen molar-refractivity contribution < 1.29 is 9.90 Å². The van der Waals surface area contributed by atoms with E-state index in [4.69, 9.17) is 0 Å². The molecule has 0 unspecified atom stereocenters. The second-order valence-electron chi connectivity index (χ2n) is 6.38. The molecule has 2 atom stereocenters. The Morgan fingerprint density at radius 1 is 1.12 bits per heavy atom. The number of para-hydroxylation sites is 1. The summed E-state index contributed by atoms with van der Waals surface area (Å²) < 4.78 is 0. The van der Waals surface area contributed by atoms with Crippen LogP contribution in [0.4, 0.5) is 5.69 Å². The molecule has 126 valence electrons. The molecular weight excluding hydrogens is 300 g/mol. The van der Waals surface area contributed by atoms with Crippen LogP contribution < -0.4 is 5.32 Å². The number of benzene rings is 2. The van der Waals surface area contributed by atoms with E-state index >= 15 is 0 Å². The molecule has 0 spiro atoms. The Balaban J connectivity index is 1.55. The number of hydrogen-bond donors (Lipinski definition) is 2. The molecule has 0 saturated carbocycles. The quantitative estimate of drug-likeness (QED) is 0.889. The molecule has 1 aliphatic heterocycles. The van der Waals surface area contributed by atoms with Crippen LogP contribution in [0.15, 0.2) is 60.7 Å². The first-order valence-electron chi connectivity index (χ1n) is 8.53. The van der Waals surface area contributed by atoms with Gasteiger partial charge in [0.1, 0.15) is 0 Å². The molecule has 24 heavy (non-hydrogen) atoms. The van der Waals surface area contributed by atoms with Crippen molar-refractivity contribution in [2.45, 2.75) is 18.9 Å². The van der Waals surface area contributed by atoms with Crippen molar-refractivity contribution in [1.29, 1.82) is 0 Å². The molecule has 0 aromatic heterocycles. The van der Waals surface area contributed by atoms with Gasteiger partial charge in [0.05, 0.1) is 12.0 Å². The highest BCUT2D eigenvalue weighted by atomic mass is 16.3. The predicted octanol–water partition coefficient (Wildman–Crippen LogP) is 3.07. The van der Waals surface area contributed by atoms with Gasteiger partial charge in [-0.3, -0.25) is 9.69 Å². The third-order valence-corrected chi connectivity index (χ3v) is 4.53. The molecule has 1 amide bonds. The molecule has 4 nitrogen and oxygen atoms in total. The molecule has 4 heteroatoms. The summed E-state index contributed by atoms with van der Waals surface area (Å²) in [4.78, 5) is 14.7. The zero-order valence-electron chi connectivity index (χ0n) is 13.8. The van der Waals surface area contributed by atoms with Crippen LogP contribution in [0.5, 0.6) is 0 Å². The number of β-amino-alcohol motifs (C(OH)–C–C–N with tert-alkyl or cyclic N) is 1. The van der Waals surface area contributed by atoms with Crippen LogP contribution in [-0.2, 0) is 4.79 Å². The number of nitrogens with zero attached hydrogens (tertiary/aromatic N) is 1. The molecule has 2 N–H and O–H groups in total. The van der Waals surface area contributed by atoms with Crippen LogP contribution in [0.1, 0.15) is 24.5 Å². The van der Waals surface area contributed by atoms with Crippen molar-refractivity contribution >= 4 is 11.6 Å². The standard InChI is InChI=1S/C20H24N2O2/c23-19(16-8-3-1-4-9-16)15-22-13-7-10-17(14-22)20(24)21-18-11-5-2-6-12-18/h1-6,8-9,11-12,17,19,23H,7,10,13-15H2,(H,21,24)/t17-,19-/m0/s1. The van der Waals surface area contributed by atoms with Crippen molar-refractivity contribution in [2.24, 2.45) is 5.92 Å². The largest absolute Gasteiger partial charge is 0.387 e. The Bertz CT molecular complexity index is 645. The molecule has 2 aromatic carbocycles. The molecule has 2 aromatic rings. The molecular formula is C20H24N2O2. The molecule has 1 saturated heterocycles. The van der Waals surface area contributed by atoms with Crippen molar-refractivity contribution in [3.8, 4) is 0 Å². The van der Waals surface area contributed by atoms with Gasteiger partial charge in [0, 0.05) is 18.8 Å². The lowest BCUT2D eigenvalue weighted by atomic mass is 9.96. The number of nitrogens with one attached hydrogen (secondary N) is 1. The first-order chi connectivity index (χ1) is 11.7. The number of hydrogen-bond acceptors (Lipinski definition) is 3. The molecule has 0 bridgehead atoms. The molecule has 0 aliphatic carbocycles. The molecule has 1 heterocycles. The number of carbonyl (C=O) groups excluding carboxylic acids is 1. The molecule has 1 aliphatic rings. The Morgan fingerprint density at radius 3 is 2.50 bits per heavy atom. The van der Waals surface area contributed by atoms with E-state index in [1.165, 1.54) is 0 Å². The minimum absolute atomic E-state index is 0.0260. The molecule has 1 fully saturated rings. The summed E-state index contributed by atoms with van der Waals surface area (Å²) in [5, 5.41) is 13.4. The Morgan fingerprint density at radius 2 is 1.79 bits per heavy atom. The highest BCUT2D eigenvalue weighted by molar-refractivity contribution is 5.92. The smallest absolute Gasteiger partial charge is 0.228 e. The van der Waals surface area contributed by atoms with E-state index in [1.807, 2.05) is 60.7 Å². The van der Waals surface area contributed by atoms with Crippen LogP contribution in [0.25, 0.3) is 0 Å². The summed E-state index contributed by atoms with van der Waals surface area (Å²) in [6.07, 6.45) is 1.37. The number of carbonyl (C=O) groups is 1. The minimum Gasteiger partial charge on any atom is -0.387 e. The maximum Gasteiger partial charge on any atom is 0.228 e. The van der Waals surface area contributed by atoms with Gasteiger partial charge in [0.25, 0.3) is 0 Å². The fourth-order valence-electron chi connectivity index (χ4n) is 3.23. The zero-order chi connectivity index (χ0) is 16.8. The van der Waals surface area contributed by atoms with Crippen molar-refractivity contribution in [1.82, 2.24) is 4.90 Å². The average Bonchev–Trinajstić information content (AvgIpc) is 2.63. The Hall–Kier alpha value is -2.17. The average molecular weight is 324 g/mol. The van der Waals surface area contributed by atoms with Crippen LogP contribution in [0.3, 0.4) is 0 Å². The van der Waals surface area contributed by atoms with Crippen LogP contribution >= 0.6 is 0 Å². The van der Waals surface area contributed by atoms with Gasteiger partial charge in [-0.15, -0.1) is 0 Å². The van der Waals surface area contributed by atoms with E-state index in [1.54, 1.807) is 0 Å². The minimum atomic E-state index is -0.512. The SMILES string of the molecule is O=C(Nc1ccccc1)[C@H]1CCCN(C[C@H](O)c2ccccc2)C1. The number of piperidine rings is 1. The number of aliphatic hydroxyl groups is 1. The lowest BCUT2D eigenvalue weighted by Gasteiger charge is -2.33. The van der Waals surface area contributed by atoms with E-state index in [2.05, 4.69) is 10.2 Å². The maximum atomic E-state index is 12.5. The highest BCUT2D eigenvalue weighted by Gasteiger charge is 2.27. The van der Waals surface area contributed by atoms with Crippen LogP contribution in [0, 0.1) is 5.92 Å². The van der Waals surface area contributed by atoms with E-state index in [0.29, 0.717) is 13.1 Å². The van der Waals surface area contributed by atoms with Crippen LogP contribution in [0.2, 0.25) is 0 Å². The van der Waals surface area contributed by atoms with E-state index in [0.717, 1.165) is 30.6 Å². The fraction of sp³-hybridized carbons (Fsp3) is 0.350. The summed E-state index contributed by atoms with van der Waals surface area (Å²) in [6.45, 7) is 2.20. The number of likely N-dealkylation sites (tertiary alicyclic amines) is 1. The first kappa shape index (κ1) is 16.7. The Labute approximate surface area is 143 Å². The van der Waals surface area contributed by atoms with Gasteiger partial charge in [0.2, 0.25) is 5.91 Å². The second-order valence-corrected chi connectivity index (χ2v) is 6.38. The van der Waals surface area contributed by atoms with Gasteiger partial charge in [-0.1, -0.05) is 48.5 Å². The molecule has 3 rings (SSSR count). The molecule has 0 radical (unpaired) electrons. The van der Waals surface area contributed by atoms with E-state index in [9.17, 15) is 9.90 Å². The first-order valence-corrected chi connectivity index (χ1v) is 8.53. The highest BCUT2D eigenvalue weighted by Crippen LogP contribution is 2.21. The monoisotopic (exact) mass is 324 g/mol. The third kappa shape index (κ3) is 4.43. The van der Waals surface area contributed by atoms with Crippen molar-refractivity contribution in [3.63, 3.8) is 0 Å². The lowest BCUT2D eigenvalue weighted by molar-refractivity contribution is -0.121. The van der Waals surface area contributed by atoms with E-state index < -0.39 is 6.10 Å². The van der Waals surface area contributed by atoms with Gasteiger partial charge in [-0.05, 0) is 37.1 Å². The maximum absolute atomic E-state index is 12.5.